The lowest BCUT2D eigenvalue weighted by atomic mass is 9.90. The van der Waals surface area contributed by atoms with Gasteiger partial charge in [-0.15, -0.1) is 0 Å². The average molecular weight is 652 g/mol. The number of hydrogen-bond acceptors (Lipinski definition) is 6. The van der Waals surface area contributed by atoms with Crippen LogP contribution in [0.1, 0.15) is 22.6 Å². The first-order valence-corrected chi connectivity index (χ1v) is 15.7. The molecule has 2 atom stereocenters. The Morgan fingerprint density at radius 2 is 1.48 bits per heavy atom. The second-order valence-corrected chi connectivity index (χ2v) is 11.6. The third kappa shape index (κ3) is 6.23. The number of fused-ring (bicyclic) bond motifs is 3. The average Bonchev–Trinajstić information content (AvgIpc) is 3.60. The zero-order valence-electron chi connectivity index (χ0n) is 26.8. The van der Waals surface area contributed by atoms with E-state index in [0.29, 0.717) is 0 Å². The lowest BCUT2D eigenvalue weighted by Crippen LogP contribution is -2.32. The molecule has 2 heterocycles. The van der Waals surface area contributed by atoms with E-state index in [9.17, 15) is 30.5 Å². The summed E-state index contributed by atoms with van der Waals surface area (Å²) in [7, 11) is 0. The first kappa shape index (κ1) is 32.7. The van der Waals surface area contributed by atoms with E-state index in [1.807, 2.05) is 24.3 Å². The van der Waals surface area contributed by atoms with Crippen LogP contribution in [0.25, 0.3) is 23.3 Å². The molecule has 1 N–H and O–H groups in total. The van der Waals surface area contributed by atoms with Crippen LogP contribution in [0.2, 0.25) is 0 Å². The SMILES string of the molecule is C=Cc1ccc(-c2ccc(N3c4ccc(/C=C/C=C/C=C/C5=C(C#N)C(=C(C#N)C#N)N(CC(=O)O)C5=O)cc4C4C=CC=CC43)cc2)cc1. The fourth-order valence-corrected chi connectivity index (χ4v) is 6.40. The summed E-state index contributed by atoms with van der Waals surface area (Å²) >= 11 is 0. The number of carbonyl (C=O) groups is 2. The Morgan fingerprint density at radius 3 is 2.12 bits per heavy atom. The molecule has 3 aromatic carbocycles. The molecule has 50 heavy (non-hydrogen) atoms. The Morgan fingerprint density at radius 1 is 0.840 bits per heavy atom. The van der Waals surface area contributed by atoms with Gasteiger partial charge in [0.1, 0.15) is 24.8 Å². The zero-order chi connectivity index (χ0) is 35.2. The van der Waals surface area contributed by atoms with Crippen molar-refractivity contribution in [1.29, 1.82) is 15.8 Å². The second kappa shape index (κ2) is 14.3. The first-order valence-electron chi connectivity index (χ1n) is 15.7. The normalized spacial score (nSPS) is 17.7. The number of benzene rings is 3. The molecule has 0 saturated heterocycles. The molecule has 0 radical (unpaired) electrons. The number of nitrogens with zero attached hydrogens (tertiary/aromatic N) is 5. The van der Waals surface area contributed by atoms with Gasteiger partial charge in [-0.2, -0.15) is 15.8 Å². The summed E-state index contributed by atoms with van der Waals surface area (Å²) in [6.07, 6.45) is 20.7. The van der Waals surface area contributed by atoms with E-state index < -0.39 is 24.0 Å². The molecule has 3 aromatic rings. The number of aliphatic carboxylic acids is 1. The smallest absolute Gasteiger partial charge is 0.323 e. The van der Waals surface area contributed by atoms with E-state index in [1.54, 1.807) is 30.4 Å². The molecule has 2 unspecified atom stereocenters. The number of anilines is 2. The van der Waals surface area contributed by atoms with Crippen LogP contribution in [0, 0.1) is 34.0 Å². The van der Waals surface area contributed by atoms with E-state index in [-0.39, 0.29) is 28.8 Å². The van der Waals surface area contributed by atoms with Gasteiger partial charge in [0.15, 0.2) is 5.57 Å². The van der Waals surface area contributed by atoms with Crippen LogP contribution in [0.3, 0.4) is 0 Å². The number of nitriles is 3. The van der Waals surface area contributed by atoms with Crippen molar-refractivity contribution in [2.45, 2.75) is 12.0 Å². The molecule has 8 nitrogen and oxygen atoms in total. The quantitative estimate of drug-likeness (QED) is 0.184. The summed E-state index contributed by atoms with van der Waals surface area (Å²) in [4.78, 5) is 27.5. The van der Waals surface area contributed by atoms with Gasteiger partial charge in [0, 0.05) is 17.3 Å². The Balaban J connectivity index is 1.20. The highest BCUT2D eigenvalue weighted by Gasteiger charge is 2.38. The van der Waals surface area contributed by atoms with Gasteiger partial charge < -0.3 is 10.0 Å². The predicted octanol–water partition coefficient (Wildman–Crippen LogP) is 7.90. The molecule has 1 aliphatic carbocycles. The Bertz CT molecular complexity index is 2230. The van der Waals surface area contributed by atoms with Crippen molar-refractivity contribution in [3.05, 3.63) is 167 Å². The fourth-order valence-electron chi connectivity index (χ4n) is 6.40. The number of rotatable bonds is 9. The molecule has 3 aliphatic rings. The molecule has 240 valence electrons. The van der Waals surface area contributed by atoms with Gasteiger partial charge in [0.05, 0.1) is 22.9 Å². The van der Waals surface area contributed by atoms with E-state index >= 15 is 0 Å². The monoisotopic (exact) mass is 651 g/mol. The number of amides is 1. The second-order valence-electron chi connectivity index (χ2n) is 11.6. The van der Waals surface area contributed by atoms with Crippen LogP contribution in [0.15, 0.2) is 150 Å². The summed E-state index contributed by atoms with van der Waals surface area (Å²) in [5, 5.41) is 37.6. The van der Waals surface area contributed by atoms with E-state index in [2.05, 4.69) is 103 Å². The van der Waals surface area contributed by atoms with Gasteiger partial charge in [-0.25, -0.2) is 0 Å². The van der Waals surface area contributed by atoms with Crippen molar-refractivity contribution in [3.8, 4) is 29.3 Å². The van der Waals surface area contributed by atoms with Gasteiger partial charge in [0.2, 0.25) is 0 Å². The van der Waals surface area contributed by atoms with Crippen molar-refractivity contribution < 1.29 is 14.7 Å². The van der Waals surface area contributed by atoms with Gasteiger partial charge in [-0.3, -0.25) is 14.5 Å². The van der Waals surface area contributed by atoms with Crippen molar-refractivity contribution in [2.24, 2.45) is 0 Å². The predicted molar refractivity (Wildman–Crippen MR) is 193 cm³/mol. The molecular formula is C42H29N5O3. The van der Waals surface area contributed by atoms with E-state index in [0.717, 1.165) is 38.5 Å². The largest absolute Gasteiger partial charge is 0.480 e. The zero-order valence-corrected chi connectivity index (χ0v) is 26.8. The topological polar surface area (TPSA) is 132 Å². The van der Waals surface area contributed by atoms with Gasteiger partial charge in [0.25, 0.3) is 5.91 Å². The Labute approximate surface area is 290 Å². The number of carboxylic acid groups (broad SMARTS) is 1. The number of carboxylic acids is 1. The van der Waals surface area contributed by atoms with Crippen LogP contribution >= 0.6 is 0 Å². The lowest BCUT2D eigenvalue weighted by Gasteiger charge is -2.28. The highest BCUT2D eigenvalue weighted by Crippen LogP contribution is 2.48. The van der Waals surface area contributed by atoms with E-state index in [1.165, 1.54) is 11.6 Å². The molecule has 0 spiro atoms. The maximum Gasteiger partial charge on any atom is 0.323 e. The van der Waals surface area contributed by atoms with Gasteiger partial charge in [-0.1, -0.05) is 110 Å². The lowest BCUT2D eigenvalue weighted by molar-refractivity contribution is -0.141. The summed E-state index contributed by atoms with van der Waals surface area (Å²) in [5.41, 5.74) is 6.78. The molecule has 0 saturated carbocycles. The van der Waals surface area contributed by atoms with Crippen molar-refractivity contribution in [1.82, 2.24) is 4.90 Å². The molecular weight excluding hydrogens is 622 g/mol. The minimum Gasteiger partial charge on any atom is -0.480 e. The highest BCUT2D eigenvalue weighted by molar-refractivity contribution is 6.05. The van der Waals surface area contributed by atoms with Crippen molar-refractivity contribution in [3.63, 3.8) is 0 Å². The summed E-state index contributed by atoms with van der Waals surface area (Å²) in [5.74, 6) is -1.92. The number of allylic oxidation sites excluding steroid dienone is 8. The summed E-state index contributed by atoms with van der Waals surface area (Å²) in [6, 6.07) is 28.7. The maximum absolute atomic E-state index is 13.0. The molecule has 0 bridgehead atoms. The van der Waals surface area contributed by atoms with Crippen molar-refractivity contribution >= 4 is 35.4 Å². The molecule has 8 heteroatoms. The standard InChI is InChI=1S/C42H29N5O3/c1-2-28-13-16-30(17-14-28)31-18-20-33(21-19-31)47-38-12-8-7-10-34(38)36-23-29(15-22-39(36)47)9-5-3-4-6-11-35-37(26-45)41(32(24-43)25-44)46(42(35)50)27-40(48)49/h2-23,34,38H,1,27H2,(H,48,49)/b4-3+,9-5+,11-6+. The third-order valence-corrected chi connectivity index (χ3v) is 8.70. The minimum absolute atomic E-state index is 0.0930. The molecule has 2 aliphatic heterocycles. The maximum atomic E-state index is 13.0. The van der Waals surface area contributed by atoms with Gasteiger partial charge >= 0.3 is 5.97 Å². The van der Waals surface area contributed by atoms with Crippen molar-refractivity contribution in [2.75, 3.05) is 11.4 Å². The van der Waals surface area contributed by atoms with Crippen LogP contribution in [0.5, 0.6) is 0 Å². The van der Waals surface area contributed by atoms with Crippen LogP contribution < -0.4 is 4.90 Å². The van der Waals surface area contributed by atoms with E-state index in [4.69, 9.17) is 0 Å². The molecule has 1 amide bonds. The van der Waals surface area contributed by atoms with Crippen LogP contribution in [0.4, 0.5) is 11.4 Å². The Hall–Kier alpha value is -7.21. The van der Waals surface area contributed by atoms with Crippen LogP contribution in [-0.4, -0.2) is 34.5 Å². The number of hydrogen-bond donors (Lipinski definition) is 1. The summed E-state index contributed by atoms with van der Waals surface area (Å²) in [6.45, 7) is 3.05. The highest BCUT2D eigenvalue weighted by atomic mass is 16.4. The molecule has 0 aromatic heterocycles. The van der Waals surface area contributed by atoms with Crippen LogP contribution in [-0.2, 0) is 9.59 Å². The Kier molecular flexibility index (Phi) is 9.34. The molecule has 0 fully saturated rings. The fraction of sp³-hybridized carbons (Fsp3) is 0.0714. The molecule has 6 rings (SSSR count). The summed E-state index contributed by atoms with van der Waals surface area (Å²) < 4.78 is 0. The first-order chi connectivity index (χ1) is 24.4. The third-order valence-electron chi connectivity index (χ3n) is 8.70. The minimum atomic E-state index is -1.34. The number of carbonyl (C=O) groups excluding carboxylic acids is 1. The van der Waals surface area contributed by atoms with Gasteiger partial charge in [-0.05, 0) is 58.2 Å².